The molecular weight excluding hydrogens is 330 g/mol. The minimum Gasteiger partial charge on any atom is -0.481 e. The van der Waals surface area contributed by atoms with Gasteiger partial charge in [0.2, 0.25) is 0 Å². The molecule has 6 nitrogen and oxygen atoms in total. The van der Waals surface area contributed by atoms with Crippen LogP contribution in [0, 0.1) is 11.6 Å². The second-order valence-corrected chi connectivity index (χ2v) is 4.98. The van der Waals surface area contributed by atoms with E-state index in [0.717, 1.165) is 18.3 Å². The van der Waals surface area contributed by atoms with E-state index in [-0.39, 0.29) is 16.1 Å². The van der Waals surface area contributed by atoms with Crippen LogP contribution in [0.1, 0.15) is 17.0 Å². The SMILES string of the molecule is [N-]=[N+]=N[C@H](C(=O)O)[C@H](c1cncc(F)c1)c1ccc(Cl)c(F)c1. The van der Waals surface area contributed by atoms with Crippen molar-refractivity contribution >= 4 is 17.6 Å². The van der Waals surface area contributed by atoms with Crippen molar-refractivity contribution in [2.24, 2.45) is 5.11 Å². The summed E-state index contributed by atoms with van der Waals surface area (Å²) in [6, 6.07) is 3.07. The topological polar surface area (TPSA) is 99.0 Å². The highest BCUT2D eigenvalue weighted by molar-refractivity contribution is 6.30. The van der Waals surface area contributed by atoms with E-state index < -0.39 is 29.6 Å². The quantitative estimate of drug-likeness (QED) is 0.508. The van der Waals surface area contributed by atoms with Crippen molar-refractivity contribution in [2.45, 2.75) is 12.0 Å². The maximum atomic E-state index is 13.7. The largest absolute Gasteiger partial charge is 0.481 e. The van der Waals surface area contributed by atoms with E-state index in [1.807, 2.05) is 0 Å². The van der Waals surface area contributed by atoms with Gasteiger partial charge in [0, 0.05) is 17.0 Å². The van der Waals surface area contributed by atoms with E-state index in [0.29, 0.717) is 0 Å². The Hall–Kier alpha value is -2.70. The number of hydrogen-bond donors (Lipinski definition) is 1. The first-order chi connectivity index (χ1) is 10.9. The molecule has 0 fully saturated rings. The molecule has 0 saturated heterocycles. The fraction of sp³-hybridized carbons (Fsp3) is 0.143. The van der Waals surface area contributed by atoms with Crippen LogP contribution in [0.4, 0.5) is 8.78 Å². The number of nitrogens with zero attached hydrogens (tertiary/aromatic N) is 4. The summed E-state index contributed by atoms with van der Waals surface area (Å²) in [7, 11) is 0. The molecule has 1 heterocycles. The molecule has 0 aliphatic carbocycles. The Balaban J connectivity index is 2.65. The highest BCUT2D eigenvalue weighted by Crippen LogP contribution is 2.32. The summed E-state index contributed by atoms with van der Waals surface area (Å²) < 4.78 is 27.1. The minimum atomic E-state index is -1.61. The predicted molar refractivity (Wildman–Crippen MR) is 78.0 cm³/mol. The summed E-state index contributed by atoms with van der Waals surface area (Å²) in [4.78, 5) is 17.6. The average Bonchev–Trinajstić information content (AvgIpc) is 2.50. The molecule has 0 radical (unpaired) electrons. The number of aliphatic carboxylic acids is 1. The van der Waals surface area contributed by atoms with Gasteiger partial charge in [-0.15, -0.1) is 0 Å². The Kier molecular flexibility index (Phi) is 5.10. The fourth-order valence-corrected chi connectivity index (χ4v) is 2.29. The molecule has 0 saturated carbocycles. The van der Waals surface area contributed by atoms with Crippen LogP contribution in [0.25, 0.3) is 10.4 Å². The molecule has 0 spiro atoms. The Morgan fingerprint density at radius 3 is 2.61 bits per heavy atom. The van der Waals surface area contributed by atoms with Gasteiger partial charge in [0.25, 0.3) is 0 Å². The lowest BCUT2D eigenvalue weighted by atomic mass is 9.86. The monoisotopic (exact) mass is 338 g/mol. The van der Waals surface area contributed by atoms with Crippen LogP contribution in [0.15, 0.2) is 41.8 Å². The Morgan fingerprint density at radius 1 is 1.30 bits per heavy atom. The molecule has 118 valence electrons. The molecule has 0 bridgehead atoms. The minimum absolute atomic E-state index is 0.131. The van der Waals surface area contributed by atoms with Crippen LogP contribution in [-0.2, 0) is 4.79 Å². The number of pyridine rings is 1. The summed E-state index contributed by atoms with van der Waals surface area (Å²) in [5.41, 5.74) is 8.89. The smallest absolute Gasteiger partial charge is 0.313 e. The molecule has 9 heteroatoms. The van der Waals surface area contributed by atoms with E-state index in [1.165, 1.54) is 18.3 Å². The number of carbonyl (C=O) groups is 1. The van der Waals surface area contributed by atoms with Crippen LogP contribution in [0.2, 0.25) is 5.02 Å². The first-order valence-electron chi connectivity index (χ1n) is 6.26. The molecule has 23 heavy (non-hydrogen) atoms. The number of halogens is 3. The number of hydrogen-bond acceptors (Lipinski definition) is 3. The standard InChI is InChI=1S/C14H9ClF2N4O2/c15-10-2-1-7(4-11(10)17)12(13(14(22)23)20-21-18)8-3-9(16)6-19-5-8/h1-6,12-13H,(H,22,23)/t12-,13-/m0/s1. The van der Waals surface area contributed by atoms with E-state index in [9.17, 15) is 18.7 Å². The highest BCUT2D eigenvalue weighted by atomic mass is 35.5. The lowest BCUT2D eigenvalue weighted by Gasteiger charge is -2.21. The van der Waals surface area contributed by atoms with Gasteiger partial charge in [-0.3, -0.25) is 9.78 Å². The van der Waals surface area contributed by atoms with Gasteiger partial charge < -0.3 is 5.11 Å². The number of carboxylic acid groups (broad SMARTS) is 1. The van der Waals surface area contributed by atoms with Crippen LogP contribution < -0.4 is 0 Å². The second kappa shape index (κ2) is 7.04. The number of rotatable bonds is 5. The third kappa shape index (κ3) is 3.74. The molecule has 2 aromatic rings. The Bertz CT molecular complexity index is 794. The molecule has 1 N–H and O–H groups in total. The molecular formula is C14H9ClF2N4O2. The van der Waals surface area contributed by atoms with Gasteiger partial charge in [0.05, 0.1) is 11.2 Å². The second-order valence-electron chi connectivity index (χ2n) is 4.58. The van der Waals surface area contributed by atoms with Crippen molar-refractivity contribution in [3.05, 3.63) is 74.9 Å². The van der Waals surface area contributed by atoms with E-state index in [4.69, 9.17) is 17.1 Å². The van der Waals surface area contributed by atoms with E-state index in [1.54, 1.807) is 0 Å². The van der Waals surface area contributed by atoms with Gasteiger partial charge in [-0.2, -0.15) is 0 Å². The highest BCUT2D eigenvalue weighted by Gasteiger charge is 2.31. The summed E-state index contributed by atoms with van der Waals surface area (Å²) in [5.74, 6) is -4.04. The van der Waals surface area contributed by atoms with E-state index >= 15 is 0 Å². The Morgan fingerprint density at radius 2 is 2.04 bits per heavy atom. The molecule has 1 aromatic heterocycles. The maximum Gasteiger partial charge on any atom is 0.313 e. The lowest BCUT2D eigenvalue weighted by Crippen LogP contribution is -2.27. The average molecular weight is 339 g/mol. The lowest BCUT2D eigenvalue weighted by molar-refractivity contribution is -0.138. The molecule has 0 unspecified atom stereocenters. The zero-order valence-corrected chi connectivity index (χ0v) is 12.2. The summed E-state index contributed by atoms with van der Waals surface area (Å²) in [5, 5.41) is 12.4. The Labute approximate surface area is 134 Å². The van der Waals surface area contributed by atoms with Gasteiger partial charge >= 0.3 is 5.97 Å². The van der Waals surface area contributed by atoms with Crippen LogP contribution in [0.3, 0.4) is 0 Å². The van der Waals surface area contributed by atoms with Gasteiger partial charge in [-0.05, 0) is 34.9 Å². The van der Waals surface area contributed by atoms with Gasteiger partial charge in [0.1, 0.15) is 17.7 Å². The van der Waals surface area contributed by atoms with Crippen LogP contribution >= 0.6 is 11.6 Å². The summed E-state index contributed by atoms with van der Waals surface area (Å²) in [6.07, 6.45) is 2.16. The normalized spacial score (nSPS) is 13.0. The fourth-order valence-electron chi connectivity index (χ4n) is 2.18. The van der Waals surface area contributed by atoms with Crippen molar-refractivity contribution < 1.29 is 18.7 Å². The number of aromatic nitrogens is 1. The zero-order chi connectivity index (χ0) is 17.0. The number of azide groups is 1. The first kappa shape index (κ1) is 16.7. The molecule has 0 aliphatic heterocycles. The third-order valence-electron chi connectivity index (χ3n) is 3.13. The first-order valence-corrected chi connectivity index (χ1v) is 6.64. The summed E-state index contributed by atoms with van der Waals surface area (Å²) in [6.45, 7) is 0. The van der Waals surface area contributed by atoms with Crippen molar-refractivity contribution in [2.75, 3.05) is 0 Å². The van der Waals surface area contributed by atoms with Crippen molar-refractivity contribution in [1.82, 2.24) is 4.98 Å². The molecule has 0 aliphatic rings. The van der Waals surface area contributed by atoms with Crippen molar-refractivity contribution in [1.29, 1.82) is 0 Å². The maximum absolute atomic E-state index is 13.7. The van der Waals surface area contributed by atoms with E-state index in [2.05, 4.69) is 15.0 Å². The number of carboxylic acids is 1. The van der Waals surface area contributed by atoms with Crippen LogP contribution in [0.5, 0.6) is 0 Å². The number of benzene rings is 1. The van der Waals surface area contributed by atoms with Crippen molar-refractivity contribution in [3.63, 3.8) is 0 Å². The van der Waals surface area contributed by atoms with Gasteiger partial charge in [0.15, 0.2) is 0 Å². The van der Waals surface area contributed by atoms with Gasteiger partial charge in [-0.1, -0.05) is 22.8 Å². The molecule has 0 amide bonds. The zero-order valence-electron chi connectivity index (χ0n) is 11.4. The molecule has 1 aromatic carbocycles. The predicted octanol–water partition coefficient (Wildman–Crippen LogP) is 3.91. The van der Waals surface area contributed by atoms with Crippen molar-refractivity contribution in [3.8, 4) is 0 Å². The van der Waals surface area contributed by atoms with Gasteiger partial charge in [-0.25, -0.2) is 8.78 Å². The van der Waals surface area contributed by atoms with Crippen LogP contribution in [-0.4, -0.2) is 22.1 Å². The third-order valence-corrected chi connectivity index (χ3v) is 3.44. The molecule has 2 atom stereocenters. The summed E-state index contributed by atoms with van der Waals surface area (Å²) >= 11 is 5.61. The molecule has 2 rings (SSSR count).